The zero-order valence-corrected chi connectivity index (χ0v) is 16.2. The smallest absolute Gasteiger partial charge is 0.286 e. The first-order valence-electron chi connectivity index (χ1n) is 8.58. The van der Waals surface area contributed by atoms with Crippen LogP contribution in [0, 0.1) is 10.1 Å². The molecule has 0 heterocycles. The Bertz CT molecular complexity index is 839. The number of carbonyl (C=O) groups is 1. The fourth-order valence-corrected chi connectivity index (χ4v) is 2.56. The normalized spacial score (nSPS) is 11.0. The van der Waals surface area contributed by atoms with Crippen molar-refractivity contribution in [1.29, 1.82) is 0 Å². The number of amides is 1. The molecule has 0 radical (unpaired) electrons. The van der Waals surface area contributed by atoms with Gasteiger partial charge in [-0.3, -0.25) is 14.9 Å². The van der Waals surface area contributed by atoms with Crippen molar-refractivity contribution < 1.29 is 19.2 Å². The van der Waals surface area contributed by atoms with Gasteiger partial charge in [0.2, 0.25) is 0 Å². The second-order valence-electron chi connectivity index (χ2n) is 6.99. The molecule has 0 aliphatic rings. The monoisotopic (exact) mass is 372 g/mol. The summed E-state index contributed by atoms with van der Waals surface area (Å²) in [5.41, 5.74) is 1.22. The molecule has 7 nitrogen and oxygen atoms in total. The Balaban J connectivity index is 2.36. The third-order valence-corrected chi connectivity index (χ3v) is 4.03. The van der Waals surface area contributed by atoms with Gasteiger partial charge in [0.15, 0.2) is 11.5 Å². The Morgan fingerprint density at radius 1 is 1.15 bits per heavy atom. The highest BCUT2D eigenvalue weighted by Gasteiger charge is 2.25. The highest BCUT2D eigenvalue weighted by molar-refractivity contribution is 6.07. The van der Waals surface area contributed by atoms with Crippen molar-refractivity contribution in [3.05, 3.63) is 57.6 Å². The molecule has 2 aromatic rings. The predicted octanol–water partition coefficient (Wildman–Crippen LogP) is 4.55. The predicted molar refractivity (Wildman–Crippen MR) is 104 cm³/mol. The highest BCUT2D eigenvalue weighted by atomic mass is 16.6. The Kier molecular flexibility index (Phi) is 6.05. The van der Waals surface area contributed by atoms with Crippen LogP contribution < -0.4 is 14.8 Å². The number of carbonyl (C=O) groups excluding carboxylic acids is 1. The second-order valence-corrected chi connectivity index (χ2v) is 6.99. The summed E-state index contributed by atoms with van der Waals surface area (Å²) in [5, 5.41) is 14.1. The molecular weight excluding hydrogens is 348 g/mol. The van der Waals surface area contributed by atoms with Crippen LogP contribution >= 0.6 is 0 Å². The molecule has 0 aliphatic carbocycles. The number of hydrogen-bond donors (Lipinski definition) is 1. The van der Waals surface area contributed by atoms with Gasteiger partial charge in [-0.05, 0) is 30.0 Å². The van der Waals surface area contributed by atoms with E-state index in [-0.39, 0.29) is 28.2 Å². The minimum absolute atomic E-state index is 0.0102. The highest BCUT2D eigenvalue weighted by Crippen LogP contribution is 2.35. The molecule has 7 heteroatoms. The molecule has 2 rings (SSSR count). The molecule has 2 aromatic carbocycles. The third-order valence-electron chi connectivity index (χ3n) is 4.03. The second kappa shape index (κ2) is 8.07. The van der Waals surface area contributed by atoms with E-state index >= 15 is 0 Å². The number of rotatable bonds is 6. The van der Waals surface area contributed by atoms with Crippen LogP contribution in [-0.4, -0.2) is 24.5 Å². The molecule has 144 valence electrons. The van der Waals surface area contributed by atoms with Gasteiger partial charge in [-0.15, -0.1) is 0 Å². The van der Waals surface area contributed by atoms with E-state index in [0.29, 0.717) is 12.3 Å². The van der Waals surface area contributed by atoms with Crippen molar-refractivity contribution >= 4 is 17.3 Å². The number of nitrogens with one attached hydrogen (secondary N) is 1. The molecule has 0 aromatic heterocycles. The van der Waals surface area contributed by atoms with E-state index in [1.807, 2.05) is 12.1 Å². The summed E-state index contributed by atoms with van der Waals surface area (Å²) in [6.07, 6.45) is 0. The molecule has 0 fully saturated rings. The van der Waals surface area contributed by atoms with Crippen LogP contribution in [0.3, 0.4) is 0 Å². The maximum atomic E-state index is 12.7. The lowest BCUT2D eigenvalue weighted by Crippen LogP contribution is -2.15. The van der Waals surface area contributed by atoms with Crippen LogP contribution in [0.4, 0.5) is 11.4 Å². The topological polar surface area (TPSA) is 90.7 Å². The van der Waals surface area contributed by atoms with Gasteiger partial charge in [0, 0.05) is 11.8 Å². The number of ether oxygens (including phenoxy) is 2. The van der Waals surface area contributed by atoms with Gasteiger partial charge < -0.3 is 14.8 Å². The van der Waals surface area contributed by atoms with Crippen molar-refractivity contribution in [3.63, 3.8) is 0 Å². The summed E-state index contributed by atoms with van der Waals surface area (Å²) in [5.74, 6) is -0.109. The Labute approximate surface area is 158 Å². The zero-order chi connectivity index (χ0) is 20.2. The number of nitro benzene ring substituents is 1. The summed E-state index contributed by atoms with van der Waals surface area (Å²) in [7, 11) is 1.39. The summed E-state index contributed by atoms with van der Waals surface area (Å²) in [4.78, 5) is 23.5. The summed E-state index contributed by atoms with van der Waals surface area (Å²) < 4.78 is 10.6. The maximum absolute atomic E-state index is 12.7. The van der Waals surface area contributed by atoms with E-state index in [2.05, 4.69) is 26.1 Å². The quantitative estimate of drug-likeness (QED) is 0.593. The molecule has 0 bridgehead atoms. The molecule has 1 amide bonds. The standard InChI is InChI=1S/C20H24N2O5/c1-6-27-18-11-15(16(22(24)25)12-17(18)26-5)19(23)21-14-9-7-13(8-10-14)20(2,3)4/h7-12H,6H2,1-5H3,(H,21,23). The summed E-state index contributed by atoms with van der Waals surface area (Å²) >= 11 is 0. The van der Waals surface area contributed by atoms with Crippen molar-refractivity contribution in [2.45, 2.75) is 33.1 Å². The molecule has 1 N–H and O–H groups in total. The number of methoxy groups -OCH3 is 1. The number of benzene rings is 2. The van der Waals surface area contributed by atoms with E-state index in [0.717, 1.165) is 5.56 Å². The molecule has 0 saturated heterocycles. The largest absolute Gasteiger partial charge is 0.493 e. The van der Waals surface area contributed by atoms with E-state index < -0.39 is 10.8 Å². The van der Waals surface area contributed by atoms with Gasteiger partial charge in [-0.2, -0.15) is 0 Å². The van der Waals surface area contributed by atoms with Gasteiger partial charge in [0.1, 0.15) is 5.56 Å². The Morgan fingerprint density at radius 3 is 2.26 bits per heavy atom. The van der Waals surface area contributed by atoms with E-state index in [9.17, 15) is 14.9 Å². The first kappa shape index (κ1) is 20.2. The van der Waals surface area contributed by atoms with Crippen LogP contribution in [0.2, 0.25) is 0 Å². The van der Waals surface area contributed by atoms with Gasteiger partial charge in [-0.1, -0.05) is 32.9 Å². The van der Waals surface area contributed by atoms with Gasteiger partial charge in [0.25, 0.3) is 11.6 Å². The number of hydrogen-bond acceptors (Lipinski definition) is 5. The van der Waals surface area contributed by atoms with Crippen LogP contribution in [-0.2, 0) is 5.41 Å². The van der Waals surface area contributed by atoms with Gasteiger partial charge in [0.05, 0.1) is 24.7 Å². The lowest BCUT2D eigenvalue weighted by atomic mass is 9.87. The van der Waals surface area contributed by atoms with Crippen LogP contribution in [0.5, 0.6) is 11.5 Å². The van der Waals surface area contributed by atoms with Crippen molar-refractivity contribution in [2.24, 2.45) is 0 Å². The number of anilines is 1. The van der Waals surface area contributed by atoms with E-state index in [4.69, 9.17) is 9.47 Å². The molecule has 27 heavy (non-hydrogen) atoms. The maximum Gasteiger partial charge on any atom is 0.286 e. The molecule has 0 atom stereocenters. The molecule has 0 unspecified atom stereocenters. The Hall–Kier alpha value is -3.09. The molecule has 0 spiro atoms. The SMILES string of the molecule is CCOc1cc(C(=O)Nc2ccc(C(C)(C)C)cc2)c([N+](=O)[O-])cc1OC. The minimum atomic E-state index is -0.615. The first-order valence-corrected chi connectivity index (χ1v) is 8.58. The van der Waals surface area contributed by atoms with Crippen LogP contribution in [0.1, 0.15) is 43.6 Å². The molecule has 0 saturated carbocycles. The lowest BCUT2D eigenvalue weighted by Gasteiger charge is -2.19. The fraction of sp³-hybridized carbons (Fsp3) is 0.350. The van der Waals surface area contributed by atoms with Gasteiger partial charge >= 0.3 is 0 Å². The third kappa shape index (κ3) is 4.75. The molecule has 0 aliphatic heterocycles. The average molecular weight is 372 g/mol. The van der Waals surface area contributed by atoms with Crippen LogP contribution in [0.15, 0.2) is 36.4 Å². The summed E-state index contributed by atoms with van der Waals surface area (Å²) in [6, 6.07) is 9.92. The lowest BCUT2D eigenvalue weighted by molar-refractivity contribution is -0.385. The summed E-state index contributed by atoms with van der Waals surface area (Å²) in [6.45, 7) is 8.39. The van der Waals surface area contributed by atoms with Gasteiger partial charge in [-0.25, -0.2) is 0 Å². The Morgan fingerprint density at radius 2 is 1.78 bits per heavy atom. The average Bonchev–Trinajstić information content (AvgIpc) is 2.61. The number of nitro groups is 1. The zero-order valence-electron chi connectivity index (χ0n) is 16.2. The van der Waals surface area contributed by atoms with Crippen molar-refractivity contribution in [1.82, 2.24) is 0 Å². The first-order chi connectivity index (χ1) is 12.7. The number of nitrogens with zero attached hydrogens (tertiary/aromatic N) is 1. The minimum Gasteiger partial charge on any atom is -0.493 e. The van der Waals surface area contributed by atoms with E-state index in [1.165, 1.54) is 19.2 Å². The van der Waals surface area contributed by atoms with Crippen molar-refractivity contribution in [2.75, 3.05) is 19.0 Å². The van der Waals surface area contributed by atoms with Crippen molar-refractivity contribution in [3.8, 4) is 11.5 Å². The van der Waals surface area contributed by atoms with E-state index in [1.54, 1.807) is 19.1 Å². The molecular formula is C20H24N2O5. The fourth-order valence-electron chi connectivity index (χ4n) is 2.56. The van der Waals surface area contributed by atoms with Crippen LogP contribution in [0.25, 0.3) is 0 Å².